The fourth-order valence-corrected chi connectivity index (χ4v) is 1.68. The van der Waals surface area contributed by atoms with Gasteiger partial charge in [0, 0.05) is 0 Å². The average molecular weight is 247 g/mol. The van der Waals surface area contributed by atoms with Crippen molar-refractivity contribution >= 4 is 0 Å². The van der Waals surface area contributed by atoms with Gasteiger partial charge in [-0.25, -0.2) is 5.43 Å². The zero-order valence-electron chi connectivity index (χ0n) is 10.3. The lowest BCUT2D eigenvalue weighted by molar-refractivity contribution is 0.317. The molecule has 0 bridgehead atoms. The maximum Gasteiger partial charge on any atom is 0.119 e. The molecule has 0 fully saturated rings. The fraction of sp³-hybridized carbons (Fsp3) is 0.333. The van der Waals surface area contributed by atoms with Crippen LogP contribution in [0.3, 0.4) is 0 Å². The highest BCUT2D eigenvalue weighted by Gasteiger charge is 2.14. The summed E-state index contributed by atoms with van der Waals surface area (Å²) in [6, 6.07) is 7.60. The molecule has 1 aromatic carbocycles. The van der Waals surface area contributed by atoms with Gasteiger partial charge in [0.2, 0.25) is 0 Å². The monoisotopic (exact) mass is 247 g/mol. The lowest BCUT2D eigenvalue weighted by Crippen LogP contribution is -2.29. The van der Waals surface area contributed by atoms with E-state index in [1.807, 2.05) is 24.3 Å². The average Bonchev–Trinajstić information content (AvgIpc) is 2.93. The van der Waals surface area contributed by atoms with Gasteiger partial charge in [-0.2, -0.15) is 15.4 Å². The Labute approximate surface area is 106 Å². The summed E-state index contributed by atoms with van der Waals surface area (Å²) in [5.41, 5.74) is 4.48. The topological polar surface area (TPSA) is 88.9 Å². The number of ether oxygens (including phenoxy) is 1. The van der Waals surface area contributed by atoms with Crippen LogP contribution in [0.4, 0.5) is 0 Å². The Morgan fingerprint density at radius 2 is 2.17 bits per heavy atom. The van der Waals surface area contributed by atoms with Gasteiger partial charge in [-0.05, 0) is 24.1 Å². The first-order valence-corrected chi connectivity index (χ1v) is 5.89. The van der Waals surface area contributed by atoms with E-state index >= 15 is 0 Å². The maximum absolute atomic E-state index is 5.55. The highest BCUT2D eigenvalue weighted by atomic mass is 16.5. The van der Waals surface area contributed by atoms with Gasteiger partial charge in [-0.3, -0.25) is 5.84 Å². The molecular weight excluding hydrogens is 230 g/mol. The SMILES string of the molecule is CCCOc1ccc(C(NN)c2cn[nH]n2)cc1. The minimum absolute atomic E-state index is 0.177. The van der Waals surface area contributed by atoms with Crippen LogP contribution < -0.4 is 16.0 Å². The van der Waals surface area contributed by atoms with Crippen molar-refractivity contribution in [3.63, 3.8) is 0 Å². The Balaban J connectivity index is 2.12. The molecule has 0 aliphatic rings. The molecule has 0 aliphatic carbocycles. The summed E-state index contributed by atoms with van der Waals surface area (Å²) in [7, 11) is 0. The van der Waals surface area contributed by atoms with Gasteiger partial charge in [-0.1, -0.05) is 19.1 Å². The predicted molar refractivity (Wildman–Crippen MR) is 67.8 cm³/mol. The van der Waals surface area contributed by atoms with Gasteiger partial charge in [-0.15, -0.1) is 0 Å². The molecule has 2 rings (SSSR count). The van der Waals surface area contributed by atoms with Crippen LogP contribution in [-0.4, -0.2) is 22.0 Å². The molecule has 0 saturated heterocycles. The molecule has 2 aromatic rings. The number of aromatic nitrogens is 3. The van der Waals surface area contributed by atoms with Crippen molar-refractivity contribution in [1.82, 2.24) is 20.8 Å². The molecule has 6 heteroatoms. The lowest BCUT2D eigenvalue weighted by Gasteiger charge is -2.14. The number of nitrogens with two attached hydrogens (primary N) is 1. The number of benzene rings is 1. The summed E-state index contributed by atoms with van der Waals surface area (Å²) >= 11 is 0. The second kappa shape index (κ2) is 6.13. The summed E-state index contributed by atoms with van der Waals surface area (Å²) < 4.78 is 5.53. The number of hydrogen-bond donors (Lipinski definition) is 3. The van der Waals surface area contributed by atoms with E-state index in [-0.39, 0.29) is 6.04 Å². The van der Waals surface area contributed by atoms with E-state index in [2.05, 4.69) is 27.8 Å². The number of nitrogens with zero attached hydrogens (tertiary/aromatic N) is 2. The van der Waals surface area contributed by atoms with Gasteiger partial charge in [0.05, 0.1) is 18.8 Å². The van der Waals surface area contributed by atoms with E-state index in [4.69, 9.17) is 10.6 Å². The molecule has 0 amide bonds. The third-order valence-corrected chi connectivity index (χ3v) is 2.58. The fourth-order valence-electron chi connectivity index (χ4n) is 1.68. The van der Waals surface area contributed by atoms with Crippen LogP contribution in [0.25, 0.3) is 0 Å². The molecule has 1 heterocycles. The van der Waals surface area contributed by atoms with Crippen LogP contribution >= 0.6 is 0 Å². The molecule has 0 radical (unpaired) electrons. The minimum atomic E-state index is -0.177. The Morgan fingerprint density at radius 1 is 1.39 bits per heavy atom. The largest absolute Gasteiger partial charge is 0.494 e. The number of aromatic amines is 1. The number of H-pyrrole nitrogens is 1. The third-order valence-electron chi connectivity index (χ3n) is 2.58. The Hall–Kier alpha value is -1.92. The Morgan fingerprint density at radius 3 is 2.72 bits per heavy atom. The van der Waals surface area contributed by atoms with Crippen molar-refractivity contribution in [3.05, 3.63) is 41.7 Å². The van der Waals surface area contributed by atoms with Crippen molar-refractivity contribution in [1.29, 1.82) is 0 Å². The molecule has 96 valence electrons. The van der Waals surface area contributed by atoms with E-state index in [9.17, 15) is 0 Å². The number of nitrogens with one attached hydrogen (secondary N) is 2. The Kier molecular flexibility index (Phi) is 4.27. The van der Waals surface area contributed by atoms with Crippen molar-refractivity contribution in [2.75, 3.05) is 6.61 Å². The summed E-state index contributed by atoms with van der Waals surface area (Å²) in [6.07, 6.45) is 2.64. The standard InChI is InChI=1S/C12H17N5O/c1-2-7-18-10-5-3-9(4-6-10)12(15-13)11-8-14-17-16-11/h3-6,8,12,15H,2,7,13H2,1H3,(H,14,16,17). The molecule has 1 aromatic heterocycles. The van der Waals surface area contributed by atoms with Crippen molar-refractivity contribution in [3.8, 4) is 5.75 Å². The first-order valence-electron chi connectivity index (χ1n) is 5.89. The van der Waals surface area contributed by atoms with Gasteiger partial charge < -0.3 is 4.74 Å². The zero-order chi connectivity index (χ0) is 12.8. The van der Waals surface area contributed by atoms with E-state index in [1.165, 1.54) is 0 Å². The molecular formula is C12H17N5O. The molecule has 0 aliphatic heterocycles. The quantitative estimate of drug-likeness (QED) is 0.526. The molecule has 4 N–H and O–H groups in total. The summed E-state index contributed by atoms with van der Waals surface area (Å²) in [6.45, 7) is 2.80. The van der Waals surface area contributed by atoms with Crippen molar-refractivity contribution < 1.29 is 4.74 Å². The van der Waals surface area contributed by atoms with Crippen molar-refractivity contribution in [2.24, 2.45) is 5.84 Å². The lowest BCUT2D eigenvalue weighted by atomic mass is 10.1. The Bertz CT molecular complexity index is 454. The first kappa shape index (κ1) is 12.5. The van der Waals surface area contributed by atoms with Gasteiger partial charge in [0.15, 0.2) is 0 Å². The van der Waals surface area contributed by atoms with Crippen LogP contribution in [-0.2, 0) is 0 Å². The summed E-state index contributed by atoms with van der Waals surface area (Å²) in [5, 5.41) is 10.4. The van der Waals surface area contributed by atoms with E-state index < -0.39 is 0 Å². The second-order valence-corrected chi connectivity index (χ2v) is 3.91. The van der Waals surface area contributed by atoms with Crippen molar-refractivity contribution in [2.45, 2.75) is 19.4 Å². The highest BCUT2D eigenvalue weighted by molar-refractivity contribution is 5.32. The second-order valence-electron chi connectivity index (χ2n) is 3.91. The number of rotatable bonds is 6. The van der Waals surface area contributed by atoms with E-state index in [0.29, 0.717) is 0 Å². The van der Waals surface area contributed by atoms with Gasteiger partial charge >= 0.3 is 0 Å². The van der Waals surface area contributed by atoms with Crippen LogP contribution in [0.5, 0.6) is 5.75 Å². The molecule has 18 heavy (non-hydrogen) atoms. The van der Waals surface area contributed by atoms with E-state index in [0.717, 1.165) is 30.0 Å². The number of hydrogen-bond acceptors (Lipinski definition) is 5. The zero-order valence-corrected chi connectivity index (χ0v) is 10.3. The maximum atomic E-state index is 5.55. The third kappa shape index (κ3) is 2.85. The minimum Gasteiger partial charge on any atom is -0.494 e. The van der Waals surface area contributed by atoms with Gasteiger partial charge in [0.25, 0.3) is 0 Å². The molecule has 1 atom stereocenters. The normalized spacial score (nSPS) is 12.3. The molecule has 0 spiro atoms. The summed E-state index contributed by atoms with van der Waals surface area (Å²) in [5.74, 6) is 6.41. The highest BCUT2D eigenvalue weighted by Crippen LogP contribution is 2.21. The predicted octanol–water partition coefficient (Wildman–Crippen LogP) is 1.15. The molecule has 6 nitrogen and oxygen atoms in total. The van der Waals surface area contributed by atoms with Crippen LogP contribution in [0.15, 0.2) is 30.5 Å². The number of hydrazine groups is 1. The van der Waals surface area contributed by atoms with E-state index in [1.54, 1.807) is 6.20 Å². The van der Waals surface area contributed by atoms with Gasteiger partial charge in [0.1, 0.15) is 11.4 Å². The van der Waals surface area contributed by atoms with Crippen LogP contribution in [0, 0.1) is 0 Å². The van der Waals surface area contributed by atoms with Crippen LogP contribution in [0.2, 0.25) is 0 Å². The first-order chi connectivity index (χ1) is 8.85. The molecule has 1 unspecified atom stereocenters. The summed E-state index contributed by atoms with van der Waals surface area (Å²) in [4.78, 5) is 0. The smallest absolute Gasteiger partial charge is 0.119 e. The van der Waals surface area contributed by atoms with Crippen LogP contribution in [0.1, 0.15) is 30.6 Å². The molecule has 0 saturated carbocycles.